The Labute approximate surface area is 99.8 Å². The fourth-order valence-corrected chi connectivity index (χ4v) is 2.26. The Bertz CT molecular complexity index is 484. The van der Waals surface area contributed by atoms with E-state index in [4.69, 9.17) is 0 Å². The molecule has 2 aliphatic carbocycles. The van der Waals surface area contributed by atoms with E-state index in [1.54, 1.807) is 0 Å². The van der Waals surface area contributed by atoms with E-state index in [1.807, 2.05) is 0 Å². The molecule has 2 bridgehead atoms. The highest BCUT2D eigenvalue weighted by atomic mass is 17.2. The van der Waals surface area contributed by atoms with Gasteiger partial charge in [0.05, 0.1) is 0 Å². The maximum Gasteiger partial charge on any atom is 0.384 e. The lowest BCUT2D eigenvalue weighted by molar-refractivity contribution is -0.262. The van der Waals surface area contributed by atoms with Crippen LogP contribution in [0.4, 0.5) is 0 Å². The molecule has 96 valence electrons. The molecule has 1 N–H and O–H groups in total. The lowest BCUT2D eigenvalue weighted by Crippen LogP contribution is -2.47. The van der Waals surface area contributed by atoms with E-state index in [0.29, 0.717) is 0 Å². The van der Waals surface area contributed by atoms with Crippen LogP contribution >= 0.6 is 0 Å². The van der Waals surface area contributed by atoms with Crippen molar-refractivity contribution in [3.8, 4) is 0 Å². The van der Waals surface area contributed by atoms with Crippen molar-refractivity contribution in [2.75, 3.05) is 0 Å². The van der Waals surface area contributed by atoms with E-state index in [2.05, 4.69) is 9.78 Å². The molecule has 8 nitrogen and oxygen atoms in total. The quantitative estimate of drug-likeness (QED) is 0.332. The second-order valence-corrected chi connectivity index (χ2v) is 4.26. The maximum absolute atomic E-state index is 11.8. The lowest BCUT2D eigenvalue weighted by atomic mass is 9.81. The standard InChI is InChI=1S/C10H8O8/c1-4(11)17-18-8(15)10-5(12)2-9(16,7(10)14)3-6(10)13/h16H,2-3H2,1H3. The number of Topliss-reactive ketones (excluding diaryl/α,β-unsaturated/α-hetero) is 3. The van der Waals surface area contributed by atoms with E-state index in [9.17, 15) is 29.1 Å². The van der Waals surface area contributed by atoms with Crippen molar-refractivity contribution in [3.05, 3.63) is 0 Å². The Kier molecular flexibility index (Phi) is 2.37. The van der Waals surface area contributed by atoms with Crippen LogP contribution in [-0.4, -0.2) is 40.0 Å². The molecule has 0 aromatic carbocycles. The molecule has 8 heteroatoms. The summed E-state index contributed by atoms with van der Waals surface area (Å²) in [6, 6.07) is 0. The molecule has 18 heavy (non-hydrogen) atoms. The Hall–Kier alpha value is -2.09. The van der Waals surface area contributed by atoms with Crippen molar-refractivity contribution >= 4 is 29.3 Å². The molecule has 0 radical (unpaired) electrons. The van der Waals surface area contributed by atoms with Gasteiger partial charge in [0, 0.05) is 19.8 Å². The molecule has 2 aliphatic rings. The predicted octanol–water partition coefficient (Wildman–Crippen LogP) is -1.76. The average molecular weight is 256 g/mol. The van der Waals surface area contributed by atoms with Crippen LogP contribution in [0, 0.1) is 5.41 Å². The van der Waals surface area contributed by atoms with Gasteiger partial charge >= 0.3 is 11.9 Å². The molecule has 0 aliphatic heterocycles. The summed E-state index contributed by atoms with van der Waals surface area (Å²) in [4.78, 5) is 65.1. The molecule has 0 atom stereocenters. The minimum atomic E-state index is -2.66. The second kappa shape index (κ2) is 3.45. The van der Waals surface area contributed by atoms with Crippen LogP contribution < -0.4 is 0 Å². The monoisotopic (exact) mass is 256 g/mol. The molecule has 0 saturated heterocycles. The zero-order valence-electron chi connectivity index (χ0n) is 9.22. The molecule has 0 aromatic rings. The zero-order chi connectivity index (χ0) is 13.7. The van der Waals surface area contributed by atoms with Gasteiger partial charge in [-0.1, -0.05) is 0 Å². The van der Waals surface area contributed by atoms with Gasteiger partial charge in [-0.25, -0.2) is 19.4 Å². The average Bonchev–Trinajstić information content (AvgIpc) is 2.55. The predicted molar refractivity (Wildman–Crippen MR) is 49.5 cm³/mol. The van der Waals surface area contributed by atoms with Crippen molar-refractivity contribution in [2.24, 2.45) is 5.41 Å². The van der Waals surface area contributed by atoms with E-state index in [1.165, 1.54) is 0 Å². The summed E-state index contributed by atoms with van der Waals surface area (Å²) < 4.78 is 0. The molecule has 2 saturated carbocycles. The van der Waals surface area contributed by atoms with Crippen molar-refractivity contribution in [3.63, 3.8) is 0 Å². The molecule has 0 unspecified atom stereocenters. The number of carbonyl (C=O) groups excluding carboxylic acids is 5. The van der Waals surface area contributed by atoms with Gasteiger partial charge in [-0.3, -0.25) is 14.4 Å². The van der Waals surface area contributed by atoms with Crippen LogP contribution in [0.2, 0.25) is 0 Å². The van der Waals surface area contributed by atoms with Crippen LogP contribution in [0.25, 0.3) is 0 Å². The number of carbonyl (C=O) groups is 5. The van der Waals surface area contributed by atoms with Gasteiger partial charge in [0.2, 0.25) is 5.41 Å². The first kappa shape index (κ1) is 12.4. The minimum absolute atomic E-state index is 0.618. The molecule has 0 aromatic heterocycles. The van der Waals surface area contributed by atoms with Gasteiger partial charge in [-0.15, -0.1) is 0 Å². The fourth-order valence-electron chi connectivity index (χ4n) is 2.26. The van der Waals surface area contributed by atoms with Crippen molar-refractivity contribution in [1.29, 1.82) is 0 Å². The SMILES string of the molecule is CC(=O)OOC(=O)C12C(=O)CC(O)(CC1=O)C2=O. The third-order valence-electron chi connectivity index (χ3n) is 3.05. The van der Waals surface area contributed by atoms with E-state index >= 15 is 0 Å². The van der Waals surface area contributed by atoms with E-state index < -0.39 is 53.1 Å². The highest BCUT2D eigenvalue weighted by molar-refractivity contribution is 6.46. The Morgan fingerprint density at radius 2 is 1.61 bits per heavy atom. The van der Waals surface area contributed by atoms with Crippen molar-refractivity contribution in [1.82, 2.24) is 0 Å². The molecule has 0 heterocycles. The lowest BCUT2D eigenvalue weighted by Gasteiger charge is -2.18. The van der Waals surface area contributed by atoms with Gasteiger partial charge in [-0.05, 0) is 0 Å². The Morgan fingerprint density at radius 3 is 2.00 bits per heavy atom. The normalized spacial score (nSPS) is 33.8. The van der Waals surface area contributed by atoms with Crippen LogP contribution in [0.3, 0.4) is 0 Å². The van der Waals surface area contributed by atoms with Gasteiger partial charge in [0.1, 0.15) is 5.60 Å². The summed E-state index contributed by atoms with van der Waals surface area (Å²) in [5, 5.41) is 9.74. The number of rotatable bonds is 1. The first-order valence-electron chi connectivity index (χ1n) is 4.98. The van der Waals surface area contributed by atoms with Gasteiger partial charge in [-0.2, -0.15) is 0 Å². The van der Waals surface area contributed by atoms with Gasteiger partial charge in [0.15, 0.2) is 17.3 Å². The Balaban J connectivity index is 2.37. The molecule has 0 amide bonds. The highest BCUT2D eigenvalue weighted by Crippen LogP contribution is 2.49. The molecule has 0 spiro atoms. The number of ketones is 3. The fraction of sp³-hybridized carbons (Fsp3) is 0.500. The maximum atomic E-state index is 11.8. The summed E-state index contributed by atoms with van der Waals surface area (Å²) in [6.45, 7) is 0.927. The Morgan fingerprint density at radius 1 is 1.11 bits per heavy atom. The topological polar surface area (TPSA) is 124 Å². The van der Waals surface area contributed by atoms with Crippen molar-refractivity contribution < 1.29 is 38.9 Å². The van der Waals surface area contributed by atoms with E-state index in [0.717, 1.165) is 6.92 Å². The van der Waals surface area contributed by atoms with Crippen LogP contribution in [0.5, 0.6) is 0 Å². The summed E-state index contributed by atoms with van der Waals surface area (Å²) in [5.41, 5.74) is -4.80. The largest absolute Gasteiger partial charge is 0.384 e. The van der Waals surface area contributed by atoms with E-state index in [-0.39, 0.29) is 0 Å². The summed E-state index contributed by atoms with van der Waals surface area (Å²) >= 11 is 0. The minimum Gasteiger partial charge on any atom is -0.381 e. The van der Waals surface area contributed by atoms with Crippen LogP contribution in [-0.2, 0) is 33.7 Å². The van der Waals surface area contributed by atoms with Crippen LogP contribution in [0.15, 0.2) is 0 Å². The summed E-state index contributed by atoms with van der Waals surface area (Å²) in [7, 11) is 0. The highest BCUT2D eigenvalue weighted by Gasteiger charge is 2.77. The van der Waals surface area contributed by atoms with Crippen LogP contribution in [0.1, 0.15) is 19.8 Å². The summed E-state index contributed by atoms with van der Waals surface area (Å²) in [6.07, 6.45) is -1.24. The molecular formula is C10H8O8. The van der Waals surface area contributed by atoms with Gasteiger partial charge < -0.3 is 5.11 Å². The first-order valence-corrected chi connectivity index (χ1v) is 4.98. The number of aliphatic hydroxyl groups is 1. The molecule has 2 fully saturated rings. The van der Waals surface area contributed by atoms with Gasteiger partial charge in [0.25, 0.3) is 0 Å². The smallest absolute Gasteiger partial charge is 0.381 e. The third-order valence-corrected chi connectivity index (χ3v) is 3.05. The number of hydrogen-bond acceptors (Lipinski definition) is 8. The second-order valence-electron chi connectivity index (χ2n) is 4.26. The first-order chi connectivity index (χ1) is 8.25. The number of hydrogen-bond donors (Lipinski definition) is 1. The summed E-state index contributed by atoms with van der Waals surface area (Å²) in [5.74, 6) is -5.85. The van der Waals surface area contributed by atoms with Crippen molar-refractivity contribution in [2.45, 2.75) is 25.4 Å². The number of fused-ring (bicyclic) bond motifs is 2. The molecule has 2 rings (SSSR count). The zero-order valence-corrected chi connectivity index (χ0v) is 9.22. The molecular weight excluding hydrogens is 248 g/mol. The third kappa shape index (κ3) is 1.26.